The van der Waals surface area contributed by atoms with Crippen molar-refractivity contribution in [3.63, 3.8) is 0 Å². The summed E-state index contributed by atoms with van der Waals surface area (Å²) in [5.74, 6) is -1.95. The number of carbonyl (C=O) groups excluding carboxylic acids is 4. The van der Waals surface area contributed by atoms with Gasteiger partial charge in [0.25, 0.3) is 0 Å². The van der Waals surface area contributed by atoms with Crippen molar-refractivity contribution in [1.82, 2.24) is 5.32 Å². The molecule has 1 N–H and O–H groups in total. The lowest BCUT2D eigenvalue weighted by atomic mass is 10.0. The van der Waals surface area contributed by atoms with Crippen LogP contribution < -0.4 is 5.32 Å². The van der Waals surface area contributed by atoms with Crippen LogP contribution in [0.3, 0.4) is 0 Å². The summed E-state index contributed by atoms with van der Waals surface area (Å²) in [6.45, 7) is 5.16. The fourth-order valence-electron chi connectivity index (χ4n) is 8.40. The fourth-order valence-corrected chi connectivity index (χ4v) is 8.40. The number of nitrogens with zero attached hydrogens (tertiary/aromatic N) is 3. The van der Waals surface area contributed by atoms with Crippen LogP contribution in [0.25, 0.3) is 10.4 Å². The SMILES string of the molecule is CCCCCCCCCCCCCCCC(=O)OCC(COC(=O)CCCCCCCCCCCCCCC)(COC(=O)CCCCCCCCCCCCCCC)NC(=O)CN=[N+]=[N-]. The van der Waals surface area contributed by atoms with E-state index >= 15 is 0 Å². The largest absolute Gasteiger partial charge is 0.463 e. The third-order valence-corrected chi connectivity index (χ3v) is 12.7. The Morgan fingerprint density at radius 2 is 0.600 bits per heavy atom. The minimum absolute atomic E-state index is 0.220. The number of nitrogens with one attached hydrogen (secondary N) is 1. The topological polar surface area (TPSA) is 157 Å². The summed E-state index contributed by atoms with van der Waals surface area (Å²) >= 11 is 0. The minimum atomic E-state index is -1.54. The lowest BCUT2D eigenvalue weighted by Crippen LogP contribution is -2.59. The monoisotopic (exact) mass is 919 g/mol. The Hall–Kier alpha value is -2.81. The van der Waals surface area contributed by atoms with Crippen LogP contribution in [0.2, 0.25) is 0 Å². The number of carbonyl (C=O) groups is 4. The first-order chi connectivity index (χ1) is 31.8. The number of ether oxygens (including phenoxy) is 3. The molecule has 11 heteroatoms. The maximum atomic E-state index is 13.0. The minimum Gasteiger partial charge on any atom is -0.463 e. The van der Waals surface area contributed by atoms with Gasteiger partial charge in [0.15, 0.2) is 0 Å². The Morgan fingerprint density at radius 3 is 0.815 bits per heavy atom. The number of rotatable bonds is 51. The molecule has 0 saturated carbocycles. The standard InChI is InChI=1S/C54H102N4O7/c1-4-7-10-13-16-19-22-25-28-31-34-37-40-43-51(60)63-47-54(57-50(59)46-56-58-55,48-64-52(61)44-41-38-35-32-29-26-23-20-17-14-11-8-5-2)49-65-53(62)45-42-39-36-33-30-27-24-21-18-15-12-9-6-3/h4-49H2,1-3H3,(H,57,59). The van der Waals surface area contributed by atoms with Crippen molar-refractivity contribution in [2.45, 2.75) is 296 Å². The third kappa shape index (κ3) is 44.8. The molecule has 0 spiro atoms. The molecule has 380 valence electrons. The number of amides is 1. The summed E-state index contributed by atoms with van der Waals surface area (Å²) in [5, 5.41) is 6.13. The molecule has 0 unspecified atom stereocenters. The van der Waals surface area contributed by atoms with E-state index in [1.807, 2.05) is 0 Å². The number of azide groups is 1. The van der Waals surface area contributed by atoms with Crippen molar-refractivity contribution >= 4 is 23.8 Å². The fraction of sp³-hybridized carbons (Fsp3) is 0.926. The van der Waals surface area contributed by atoms with Gasteiger partial charge in [-0.1, -0.05) is 257 Å². The van der Waals surface area contributed by atoms with E-state index in [9.17, 15) is 19.2 Å². The van der Waals surface area contributed by atoms with Crippen LogP contribution in [0.1, 0.15) is 290 Å². The van der Waals surface area contributed by atoms with E-state index in [0.29, 0.717) is 19.3 Å². The van der Waals surface area contributed by atoms with E-state index < -0.39 is 35.9 Å². The zero-order valence-electron chi connectivity index (χ0n) is 42.7. The molecule has 0 radical (unpaired) electrons. The molecule has 0 aromatic rings. The molecule has 11 nitrogen and oxygen atoms in total. The van der Waals surface area contributed by atoms with Gasteiger partial charge in [0.2, 0.25) is 5.91 Å². The molecule has 0 saturated heterocycles. The highest BCUT2D eigenvalue weighted by Gasteiger charge is 2.37. The number of hydrogen-bond donors (Lipinski definition) is 1. The highest BCUT2D eigenvalue weighted by molar-refractivity contribution is 5.79. The second kappa shape index (κ2) is 49.1. The highest BCUT2D eigenvalue weighted by Crippen LogP contribution is 2.18. The molecule has 0 aromatic heterocycles. The van der Waals surface area contributed by atoms with Crippen LogP contribution in [0.5, 0.6) is 0 Å². The van der Waals surface area contributed by atoms with Gasteiger partial charge in [0.1, 0.15) is 31.9 Å². The van der Waals surface area contributed by atoms with Crippen molar-refractivity contribution < 1.29 is 33.4 Å². The summed E-state index contributed by atoms with van der Waals surface area (Å²) in [4.78, 5) is 54.7. The average Bonchev–Trinajstić information content (AvgIpc) is 3.30. The van der Waals surface area contributed by atoms with E-state index in [1.165, 1.54) is 173 Å². The number of unbranched alkanes of at least 4 members (excludes halogenated alkanes) is 36. The van der Waals surface area contributed by atoms with Crippen LogP contribution in [0.15, 0.2) is 5.11 Å². The van der Waals surface area contributed by atoms with Crippen molar-refractivity contribution in [1.29, 1.82) is 0 Å². The molecule has 65 heavy (non-hydrogen) atoms. The highest BCUT2D eigenvalue weighted by atomic mass is 16.6. The predicted octanol–water partition coefficient (Wildman–Crippen LogP) is 16.2. The second-order valence-corrected chi connectivity index (χ2v) is 19.2. The van der Waals surface area contributed by atoms with Gasteiger partial charge in [-0.05, 0) is 24.8 Å². The summed E-state index contributed by atoms with van der Waals surface area (Å²) in [7, 11) is 0. The van der Waals surface area contributed by atoms with Gasteiger partial charge >= 0.3 is 17.9 Å². The first-order valence-electron chi connectivity index (χ1n) is 27.6. The van der Waals surface area contributed by atoms with Gasteiger partial charge < -0.3 is 19.5 Å². The summed E-state index contributed by atoms with van der Waals surface area (Å²) in [6.07, 6.45) is 47.4. The second-order valence-electron chi connectivity index (χ2n) is 19.2. The number of esters is 3. The Labute approximate surface area is 399 Å². The summed E-state index contributed by atoms with van der Waals surface area (Å²) in [6, 6.07) is 0. The van der Waals surface area contributed by atoms with E-state index in [0.717, 1.165) is 57.8 Å². The molecule has 0 bridgehead atoms. The molecule has 0 aliphatic carbocycles. The van der Waals surface area contributed by atoms with E-state index in [2.05, 4.69) is 36.1 Å². The zero-order chi connectivity index (χ0) is 47.6. The van der Waals surface area contributed by atoms with Crippen LogP contribution in [-0.2, 0) is 33.4 Å². The van der Waals surface area contributed by atoms with Crippen molar-refractivity contribution in [3.05, 3.63) is 10.4 Å². The van der Waals surface area contributed by atoms with E-state index in [4.69, 9.17) is 19.7 Å². The lowest BCUT2D eigenvalue weighted by Gasteiger charge is -2.33. The molecular weight excluding hydrogens is 817 g/mol. The predicted molar refractivity (Wildman–Crippen MR) is 269 cm³/mol. The third-order valence-electron chi connectivity index (χ3n) is 12.7. The Morgan fingerprint density at radius 1 is 0.385 bits per heavy atom. The van der Waals surface area contributed by atoms with E-state index in [1.54, 1.807) is 0 Å². The maximum absolute atomic E-state index is 13.0. The molecule has 0 atom stereocenters. The van der Waals surface area contributed by atoms with Gasteiger partial charge in [0, 0.05) is 24.2 Å². The van der Waals surface area contributed by atoms with Crippen molar-refractivity contribution in [2.24, 2.45) is 5.11 Å². The molecule has 0 fully saturated rings. The molecule has 0 aromatic carbocycles. The Bertz CT molecular complexity index is 1050. The average molecular weight is 919 g/mol. The number of hydrogen-bond acceptors (Lipinski definition) is 8. The maximum Gasteiger partial charge on any atom is 0.305 e. The molecule has 0 aliphatic heterocycles. The molecule has 0 heterocycles. The van der Waals surface area contributed by atoms with Crippen molar-refractivity contribution in [3.8, 4) is 0 Å². The quantitative estimate of drug-likeness (QED) is 0.0159. The summed E-state index contributed by atoms with van der Waals surface area (Å²) < 4.78 is 17.1. The van der Waals surface area contributed by atoms with Crippen LogP contribution >= 0.6 is 0 Å². The zero-order valence-corrected chi connectivity index (χ0v) is 42.7. The van der Waals surface area contributed by atoms with Gasteiger partial charge in [-0.15, -0.1) is 0 Å². The van der Waals surface area contributed by atoms with Gasteiger partial charge in [-0.2, -0.15) is 0 Å². The lowest BCUT2D eigenvalue weighted by molar-refractivity contribution is -0.159. The van der Waals surface area contributed by atoms with Crippen LogP contribution in [0.4, 0.5) is 0 Å². The first kappa shape index (κ1) is 62.2. The molecular formula is C54H102N4O7. The molecule has 0 aliphatic rings. The molecule has 1 amide bonds. The van der Waals surface area contributed by atoms with Gasteiger partial charge in [-0.25, -0.2) is 0 Å². The Balaban J connectivity index is 5.08. The summed E-state index contributed by atoms with van der Waals surface area (Å²) in [5.41, 5.74) is 7.33. The van der Waals surface area contributed by atoms with Crippen LogP contribution in [0, 0.1) is 0 Å². The van der Waals surface area contributed by atoms with Gasteiger partial charge in [0.05, 0.1) is 0 Å². The normalized spacial score (nSPS) is 11.3. The molecule has 0 rings (SSSR count). The smallest absolute Gasteiger partial charge is 0.305 e. The van der Waals surface area contributed by atoms with E-state index in [-0.39, 0.29) is 39.1 Å². The van der Waals surface area contributed by atoms with Crippen LogP contribution in [-0.4, -0.2) is 55.7 Å². The Kier molecular flexibility index (Phi) is 47.0. The first-order valence-corrected chi connectivity index (χ1v) is 27.6. The van der Waals surface area contributed by atoms with Gasteiger partial charge in [-0.3, -0.25) is 19.2 Å². The van der Waals surface area contributed by atoms with Crippen molar-refractivity contribution in [2.75, 3.05) is 26.4 Å².